The van der Waals surface area contributed by atoms with E-state index in [0.29, 0.717) is 6.04 Å². The van der Waals surface area contributed by atoms with Crippen molar-refractivity contribution in [2.24, 2.45) is 11.8 Å². The second-order valence-electron chi connectivity index (χ2n) is 5.88. The number of ether oxygens (including phenoxy) is 1. The van der Waals surface area contributed by atoms with Crippen LogP contribution in [-0.4, -0.2) is 50.8 Å². The van der Waals surface area contributed by atoms with E-state index in [2.05, 4.69) is 31.0 Å². The summed E-state index contributed by atoms with van der Waals surface area (Å²) in [7, 11) is 1.81. The molecule has 1 heterocycles. The van der Waals surface area contributed by atoms with E-state index in [0.717, 1.165) is 31.5 Å². The molecule has 1 unspecified atom stereocenters. The van der Waals surface area contributed by atoms with Gasteiger partial charge in [0.05, 0.1) is 6.61 Å². The largest absolute Gasteiger partial charge is 0.383 e. The van der Waals surface area contributed by atoms with Gasteiger partial charge in [0.1, 0.15) is 0 Å². The number of likely N-dealkylation sites (tertiary alicyclic amines) is 1. The van der Waals surface area contributed by atoms with Crippen molar-refractivity contribution in [3.63, 3.8) is 0 Å². The highest BCUT2D eigenvalue weighted by molar-refractivity contribution is 4.78. The number of nitrogens with zero attached hydrogens (tertiary/aromatic N) is 1. The molecule has 17 heavy (non-hydrogen) atoms. The van der Waals surface area contributed by atoms with E-state index in [9.17, 15) is 0 Å². The molecule has 0 aromatic rings. The zero-order chi connectivity index (χ0) is 12.7. The average Bonchev–Trinajstić information content (AvgIpc) is 2.29. The van der Waals surface area contributed by atoms with Gasteiger partial charge in [0, 0.05) is 19.7 Å². The van der Waals surface area contributed by atoms with Crippen molar-refractivity contribution in [1.29, 1.82) is 0 Å². The summed E-state index contributed by atoms with van der Waals surface area (Å²) in [5, 5.41) is 3.56. The second-order valence-corrected chi connectivity index (χ2v) is 5.88. The van der Waals surface area contributed by atoms with Crippen LogP contribution in [0, 0.1) is 11.8 Å². The summed E-state index contributed by atoms with van der Waals surface area (Å²) in [6, 6.07) is 0.547. The van der Waals surface area contributed by atoms with Gasteiger partial charge in [-0.15, -0.1) is 0 Å². The molecule has 1 saturated heterocycles. The number of rotatable bonds is 7. The van der Waals surface area contributed by atoms with E-state index in [4.69, 9.17) is 4.74 Å². The first-order valence-electron chi connectivity index (χ1n) is 7.07. The third kappa shape index (κ3) is 5.84. The van der Waals surface area contributed by atoms with Gasteiger partial charge in [-0.2, -0.15) is 0 Å². The molecule has 0 bridgehead atoms. The van der Waals surface area contributed by atoms with Crippen LogP contribution in [0.4, 0.5) is 0 Å². The van der Waals surface area contributed by atoms with E-state index in [-0.39, 0.29) is 0 Å². The van der Waals surface area contributed by atoms with Gasteiger partial charge in [0.25, 0.3) is 0 Å². The molecule has 0 spiro atoms. The molecule has 1 fully saturated rings. The van der Waals surface area contributed by atoms with Crippen LogP contribution in [-0.2, 0) is 4.74 Å². The van der Waals surface area contributed by atoms with Gasteiger partial charge in [0.2, 0.25) is 0 Å². The molecule has 3 nitrogen and oxygen atoms in total. The summed E-state index contributed by atoms with van der Waals surface area (Å²) >= 11 is 0. The Bertz CT molecular complexity index is 189. The minimum absolute atomic E-state index is 0.547. The molecule has 1 aliphatic heterocycles. The fourth-order valence-electron chi connectivity index (χ4n) is 2.42. The van der Waals surface area contributed by atoms with Crippen LogP contribution in [0.25, 0.3) is 0 Å². The van der Waals surface area contributed by atoms with Crippen LogP contribution in [0.5, 0.6) is 0 Å². The molecule has 0 saturated carbocycles. The van der Waals surface area contributed by atoms with Gasteiger partial charge in [-0.25, -0.2) is 0 Å². The Morgan fingerprint density at radius 3 is 2.41 bits per heavy atom. The maximum absolute atomic E-state index is 5.36. The number of hydrogen-bond donors (Lipinski definition) is 1. The third-order valence-electron chi connectivity index (χ3n) is 3.63. The molecular weight excluding hydrogens is 212 g/mol. The lowest BCUT2D eigenvalue weighted by Gasteiger charge is -2.36. The SMILES string of the molecule is COCC(CNCC(C)C)N1CCC(C)CC1. The van der Waals surface area contributed by atoms with Crippen molar-refractivity contribution in [1.82, 2.24) is 10.2 Å². The van der Waals surface area contributed by atoms with Gasteiger partial charge in [-0.3, -0.25) is 4.90 Å². The molecule has 1 N–H and O–H groups in total. The standard InChI is InChI=1S/C14H30N2O/c1-12(2)9-15-10-14(11-17-4)16-7-5-13(3)6-8-16/h12-15H,5-11H2,1-4H3. The molecular formula is C14H30N2O. The summed E-state index contributed by atoms with van der Waals surface area (Å²) in [6.07, 6.45) is 2.68. The van der Waals surface area contributed by atoms with Crippen LogP contribution < -0.4 is 5.32 Å². The lowest BCUT2D eigenvalue weighted by Crippen LogP contribution is -2.48. The van der Waals surface area contributed by atoms with Crippen molar-refractivity contribution >= 4 is 0 Å². The van der Waals surface area contributed by atoms with Gasteiger partial charge in [-0.1, -0.05) is 20.8 Å². The Hall–Kier alpha value is -0.120. The Labute approximate surface area is 107 Å². The highest BCUT2D eigenvalue weighted by Gasteiger charge is 2.22. The van der Waals surface area contributed by atoms with Crippen LogP contribution in [0.1, 0.15) is 33.6 Å². The molecule has 0 amide bonds. The van der Waals surface area contributed by atoms with Gasteiger partial charge in [-0.05, 0) is 44.3 Å². The normalized spacial score (nSPS) is 21.0. The maximum Gasteiger partial charge on any atom is 0.0630 e. The maximum atomic E-state index is 5.36. The van der Waals surface area contributed by atoms with Crippen molar-refractivity contribution in [3.05, 3.63) is 0 Å². The van der Waals surface area contributed by atoms with Crippen LogP contribution in [0.3, 0.4) is 0 Å². The first-order valence-corrected chi connectivity index (χ1v) is 7.07. The molecule has 1 aliphatic rings. The summed E-state index contributed by atoms with van der Waals surface area (Å²) in [6.45, 7) is 12.3. The fourth-order valence-corrected chi connectivity index (χ4v) is 2.42. The minimum Gasteiger partial charge on any atom is -0.383 e. The third-order valence-corrected chi connectivity index (χ3v) is 3.63. The van der Waals surface area contributed by atoms with Gasteiger partial charge >= 0.3 is 0 Å². The predicted molar refractivity (Wildman–Crippen MR) is 73.3 cm³/mol. The number of nitrogens with one attached hydrogen (secondary N) is 1. The van der Waals surface area contributed by atoms with Crippen molar-refractivity contribution < 1.29 is 4.74 Å². The minimum atomic E-state index is 0.547. The average molecular weight is 242 g/mol. The predicted octanol–water partition coefficient (Wildman–Crippen LogP) is 1.98. The first kappa shape index (κ1) is 14.9. The zero-order valence-corrected chi connectivity index (χ0v) is 12.0. The van der Waals surface area contributed by atoms with E-state index in [1.807, 2.05) is 7.11 Å². The number of piperidine rings is 1. The van der Waals surface area contributed by atoms with Gasteiger partial charge < -0.3 is 10.1 Å². The van der Waals surface area contributed by atoms with Crippen LogP contribution >= 0.6 is 0 Å². The molecule has 0 aromatic heterocycles. The second kappa shape index (κ2) is 8.06. The van der Waals surface area contributed by atoms with E-state index in [1.165, 1.54) is 25.9 Å². The Balaban J connectivity index is 2.31. The molecule has 1 atom stereocenters. The lowest BCUT2D eigenvalue weighted by molar-refractivity contribution is 0.0663. The quantitative estimate of drug-likeness (QED) is 0.739. The van der Waals surface area contributed by atoms with Crippen molar-refractivity contribution in [3.8, 4) is 0 Å². The zero-order valence-electron chi connectivity index (χ0n) is 12.0. The number of hydrogen-bond acceptors (Lipinski definition) is 3. The van der Waals surface area contributed by atoms with Gasteiger partial charge in [0.15, 0.2) is 0 Å². The summed E-state index contributed by atoms with van der Waals surface area (Å²) in [5.41, 5.74) is 0. The highest BCUT2D eigenvalue weighted by atomic mass is 16.5. The monoisotopic (exact) mass is 242 g/mol. The Kier molecular flexibility index (Phi) is 7.09. The highest BCUT2D eigenvalue weighted by Crippen LogP contribution is 2.18. The molecule has 0 aromatic carbocycles. The molecule has 0 aliphatic carbocycles. The smallest absolute Gasteiger partial charge is 0.0630 e. The van der Waals surface area contributed by atoms with E-state index in [1.54, 1.807) is 0 Å². The molecule has 0 radical (unpaired) electrons. The fraction of sp³-hybridized carbons (Fsp3) is 1.00. The summed E-state index contributed by atoms with van der Waals surface area (Å²) in [5.74, 6) is 1.62. The first-order chi connectivity index (χ1) is 8.13. The summed E-state index contributed by atoms with van der Waals surface area (Å²) < 4.78 is 5.36. The van der Waals surface area contributed by atoms with Crippen molar-refractivity contribution in [2.45, 2.75) is 39.7 Å². The number of methoxy groups -OCH3 is 1. The van der Waals surface area contributed by atoms with E-state index >= 15 is 0 Å². The van der Waals surface area contributed by atoms with Crippen molar-refractivity contribution in [2.75, 3.05) is 39.9 Å². The summed E-state index contributed by atoms with van der Waals surface area (Å²) in [4.78, 5) is 2.59. The molecule has 1 rings (SSSR count). The topological polar surface area (TPSA) is 24.5 Å². The Morgan fingerprint density at radius 1 is 1.24 bits per heavy atom. The van der Waals surface area contributed by atoms with Crippen LogP contribution in [0.2, 0.25) is 0 Å². The lowest BCUT2D eigenvalue weighted by atomic mass is 9.98. The molecule has 3 heteroatoms. The molecule has 102 valence electrons. The van der Waals surface area contributed by atoms with Crippen LogP contribution in [0.15, 0.2) is 0 Å². The Morgan fingerprint density at radius 2 is 1.88 bits per heavy atom. The van der Waals surface area contributed by atoms with E-state index < -0.39 is 0 Å².